The zero-order chi connectivity index (χ0) is 13.7. The molecule has 2 aromatic rings. The summed E-state index contributed by atoms with van der Waals surface area (Å²) in [7, 11) is 1.66. The Morgan fingerprint density at radius 2 is 1.95 bits per heavy atom. The van der Waals surface area contributed by atoms with Gasteiger partial charge in [0.05, 0.1) is 17.6 Å². The number of benzene rings is 1. The largest absolute Gasteiger partial charge is 0.497 e. The molecule has 0 saturated carbocycles. The summed E-state index contributed by atoms with van der Waals surface area (Å²) >= 11 is 7.40. The van der Waals surface area contributed by atoms with E-state index in [0.717, 1.165) is 27.8 Å². The van der Waals surface area contributed by atoms with Crippen molar-refractivity contribution < 1.29 is 9.84 Å². The molecule has 2 rings (SSSR count). The van der Waals surface area contributed by atoms with Gasteiger partial charge in [-0.1, -0.05) is 23.7 Å². The average Bonchev–Trinajstić information content (AvgIpc) is 2.82. The van der Waals surface area contributed by atoms with E-state index in [9.17, 15) is 5.11 Å². The van der Waals surface area contributed by atoms with E-state index in [2.05, 4.69) is 0 Å². The fourth-order valence-electron chi connectivity index (χ4n) is 1.92. The number of aliphatic hydroxyl groups excluding tert-OH is 1. The molecular weight excluding hydrogens is 280 g/mol. The molecule has 0 spiro atoms. The standard InChI is InChI=1S/C15H17ClO2S/c1-18-13-6-3-11(4-7-13)2-5-12(17)10-14-8-9-15(16)19-14/h3-4,6-9,12,17H,2,5,10H2,1H3. The van der Waals surface area contributed by atoms with E-state index in [0.29, 0.717) is 6.42 Å². The third kappa shape index (κ3) is 4.53. The number of thiophene rings is 1. The fourth-order valence-corrected chi connectivity index (χ4v) is 3.08. The molecule has 0 bridgehead atoms. The summed E-state index contributed by atoms with van der Waals surface area (Å²) in [6.07, 6.45) is 1.97. The van der Waals surface area contributed by atoms with E-state index in [1.165, 1.54) is 16.9 Å². The van der Waals surface area contributed by atoms with Crippen LogP contribution in [0, 0.1) is 0 Å². The maximum absolute atomic E-state index is 10.0. The zero-order valence-electron chi connectivity index (χ0n) is 10.8. The number of methoxy groups -OCH3 is 1. The third-order valence-electron chi connectivity index (χ3n) is 2.99. The summed E-state index contributed by atoms with van der Waals surface area (Å²) in [4.78, 5) is 1.13. The first-order valence-electron chi connectivity index (χ1n) is 6.22. The van der Waals surface area contributed by atoms with Gasteiger partial charge in [-0.15, -0.1) is 11.3 Å². The Bertz CT molecular complexity index is 507. The van der Waals surface area contributed by atoms with Crippen LogP contribution >= 0.6 is 22.9 Å². The average molecular weight is 297 g/mol. The lowest BCUT2D eigenvalue weighted by Crippen LogP contribution is -2.10. The lowest BCUT2D eigenvalue weighted by atomic mass is 10.0. The van der Waals surface area contributed by atoms with Crippen LogP contribution in [0.3, 0.4) is 0 Å². The van der Waals surface area contributed by atoms with Gasteiger partial charge in [-0.2, -0.15) is 0 Å². The van der Waals surface area contributed by atoms with Crippen LogP contribution in [0.15, 0.2) is 36.4 Å². The Kier molecular flexibility index (Phi) is 5.25. The van der Waals surface area contributed by atoms with Crippen molar-refractivity contribution in [2.75, 3.05) is 7.11 Å². The van der Waals surface area contributed by atoms with Crippen molar-refractivity contribution in [1.29, 1.82) is 0 Å². The number of hydrogen-bond donors (Lipinski definition) is 1. The minimum atomic E-state index is -0.322. The van der Waals surface area contributed by atoms with Crippen molar-refractivity contribution in [3.63, 3.8) is 0 Å². The second-order valence-corrected chi connectivity index (χ2v) is 6.25. The first-order chi connectivity index (χ1) is 9.17. The van der Waals surface area contributed by atoms with E-state index in [1.807, 2.05) is 36.4 Å². The first kappa shape index (κ1) is 14.4. The van der Waals surface area contributed by atoms with Gasteiger partial charge in [0.1, 0.15) is 5.75 Å². The first-order valence-corrected chi connectivity index (χ1v) is 7.42. The predicted molar refractivity (Wildman–Crippen MR) is 80.4 cm³/mol. The molecule has 1 atom stereocenters. The molecule has 0 radical (unpaired) electrons. The Labute approximate surface area is 122 Å². The highest BCUT2D eigenvalue weighted by molar-refractivity contribution is 7.16. The van der Waals surface area contributed by atoms with Crippen molar-refractivity contribution in [2.45, 2.75) is 25.4 Å². The number of hydrogen-bond acceptors (Lipinski definition) is 3. The highest BCUT2D eigenvalue weighted by Gasteiger charge is 2.08. The summed E-state index contributed by atoms with van der Waals surface area (Å²) in [5, 5.41) is 10.0. The number of ether oxygens (including phenoxy) is 1. The summed E-state index contributed by atoms with van der Waals surface area (Å²) in [5.74, 6) is 0.859. The van der Waals surface area contributed by atoms with Crippen molar-refractivity contribution >= 4 is 22.9 Å². The smallest absolute Gasteiger partial charge is 0.118 e. The maximum Gasteiger partial charge on any atom is 0.118 e. The van der Waals surface area contributed by atoms with E-state index >= 15 is 0 Å². The Balaban J connectivity index is 1.80. The van der Waals surface area contributed by atoms with E-state index < -0.39 is 0 Å². The lowest BCUT2D eigenvalue weighted by Gasteiger charge is -2.09. The van der Waals surface area contributed by atoms with Crippen molar-refractivity contribution in [3.05, 3.63) is 51.2 Å². The van der Waals surface area contributed by atoms with Crippen LogP contribution in [0.1, 0.15) is 16.9 Å². The zero-order valence-corrected chi connectivity index (χ0v) is 12.4. The predicted octanol–water partition coefficient (Wildman–Crippen LogP) is 3.95. The molecule has 4 heteroatoms. The van der Waals surface area contributed by atoms with Gasteiger partial charge in [0, 0.05) is 11.3 Å². The van der Waals surface area contributed by atoms with Gasteiger partial charge < -0.3 is 9.84 Å². The molecule has 0 aliphatic heterocycles. The summed E-state index contributed by atoms with van der Waals surface area (Å²) in [6, 6.07) is 11.8. The normalized spacial score (nSPS) is 12.4. The van der Waals surface area contributed by atoms with Gasteiger partial charge in [0.25, 0.3) is 0 Å². The van der Waals surface area contributed by atoms with Crippen LogP contribution in [0.25, 0.3) is 0 Å². The fraction of sp³-hybridized carbons (Fsp3) is 0.333. The molecule has 102 valence electrons. The van der Waals surface area contributed by atoms with Crippen molar-refractivity contribution in [3.8, 4) is 5.75 Å². The van der Waals surface area contributed by atoms with Crippen LogP contribution in [0.5, 0.6) is 5.75 Å². The van der Waals surface area contributed by atoms with Crippen LogP contribution in [0.4, 0.5) is 0 Å². The molecular formula is C15H17ClO2S. The molecule has 0 aliphatic carbocycles. The highest BCUT2D eigenvalue weighted by Crippen LogP contribution is 2.23. The van der Waals surface area contributed by atoms with Gasteiger partial charge in [-0.3, -0.25) is 0 Å². The lowest BCUT2D eigenvalue weighted by molar-refractivity contribution is 0.166. The summed E-state index contributed by atoms with van der Waals surface area (Å²) in [6.45, 7) is 0. The maximum atomic E-state index is 10.0. The Morgan fingerprint density at radius 3 is 2.53 bits per heavy atom. The number of halogens is 1. The second-order valence-electron chi connectivity index (χ2n) is 4.45. The van der Waals surface area contributed by atoms with E-state index in [1.54, 1.807) is 7.11 Å². The quantitative estimate of drug-likeness (QED) is 0.875. The molecule has 0 saturated heterocycles. The Morgan fingerprint density at radius 1 is 1.21 bits per heavy atom. The van der Waals surface area contributed by atoms with Gasteiger partial charge in [-0.05, 0) is 42.7 Å². The van der Waals surface area contributed by atoms with Crippen molar-refractivity contribution in [2.24, 2.45) is 0 Å². The van der Waals surface area contributed by atoms with Crippen LogP contribution in [-0.2, 0) is 12.8 Å². The molecule has 1 heterocycles. The molecule has 1 aromatic carbocycles. The molecule has 19 heavy (non-hydrogen) atoms. The number of aliphatic hydroxyl groups is 1. The third-order valence-corrected chi connectivity index (χ3v) is 4.24. The molecule has 0 fully saturated rings. The Hall–Kier alpha value is -1.03. The molecule has 0 aliphatic rings. The van der Waals surface area contributed by atoms with Gasteiger partial charge in [0.2, 0.25) is 0 Å². The molecule has 1 N–H and O–H groups in total. The SMILES string of the molecule is COc1ccc(CCC(O)Cc2ccc(Cl)s2)cc1. The summed E-state index contributed by atoms with van der Waals surface area (Å²) in [5.41, 5.74) is 1.21. The van der Waals surface area contributed by atoms with Crippen molar-refractivity contribution in [1.82, 2.24) is 0 Å². The topological polar surface area (TPSA) is 29.5 Å². The van der Waals surface area contributed by atoms with Gasteiger partial charge in [0.15, 0.2) is 0 Å². The minimum absolute atomic E-state index is 0.322. The van der Waals surface area contributed by atoms with Gasteiger partial charge >= 0.3 is 0 Å². The monoisotopic (exact) mass is 296 g/mol. The second kappa shape index (κ2) is 6.94. The summed E-state index contributed by atoms with van der Waals surface area (Å²) < 4.78 is 5.89. The van der Waals surface area contributed by atoms with Crippen LogP contribution < -0.4 is 4.74 Å². The van der Waals surface area contributed by atoms with Crippen LogP contribution in [0.2, 0.25) is 4.34 Å². The van der Waals surface area contributed by atoms with E-state index in [4.69, 9.17) is 16.3 Å². The molecule has 1 aromatic heterocycles. The highest BCUT2D eigenvalue weighted by atomic mass is 35.5. The number of aryl methyl sites for hydroxylation is 1. The molecule has 1 unspecified atom stereocenters. The van der Waals surface area contributed by atoms with Crippen LogP contribution in [-0.4, -0.2) is 18.3 Å². The van der Waals surface area contributed by atoms with E-state index in [-0.39, 0.29) is 6.10 Å². The molecule has 0 amide bonds. The minimum Gasteiger partial charge on any atom is -0.497 e. The molecule has 2 nitrogen and oxygen atoms in total. The van der Waals surface area contributed by atoms with Gasteiger partial charge in [-0.25, -0.2) is 0 Å². The number of rotatable bonds is 6.